The zero-order valence-corrected chi connectivity index (χ0v) is 12.2. The van der Waals surface area contributed by atoms with Gasteiger partial charge >= 0.3 is 0 Å². The van der Waals surface area contributed by atoms with Crippen molar-refractivity contribution in [2.24, 2.45) is 5.92 Å². The van der Waals surface area contributed by atoms with Gasteiger partial charge in [-0.15, -0.1) is 0 Å². The average Bonchev–Trinajstić information content (AvgIpc) is 2.54. The third-order valence-corrected chi connectivity index (χ3v) is 3.87. The van der Waals surface area contributed by atoms with E-state index >= 15 is 0 Å². The number of nitrogens with zero attached hydrogens (tertiary/aromatic N) is 2. The molecule has 0 radical (unpaired) electrons. The van der Waals surface area contributed by atoms with Gasteiger partial charge in [0, 0.05) is 41.6 Å². The van der Waals surface area contributed by atoms with Crippen LogP contribution < -0.4 is 5.32 Å². The monoisotopic (exact) mass is 257 g/mol. The van der Waals surface area contributed by atoms with E-state index in [9.17, 15) is 4.21 Å². The molecule has 2 unspecified atom stereocenters. The molecule has 4 nitrogen and oxygen atoms in total. The normalized spacial score (nSPS) is 14.9. The van der Waals surface area contributed by atoms with E-state index < -0.39 is 10.8 Å². The molecule has 0 saturated carbocycles. The zero-order chi connectivity index (χ0) is 13.0. The molecule has 1 rings (SSSR count). The smallest absolute Gasteiger partial charge is 0.203 e. The van der Waals surface area contributed by atoms with Crippen molar-refractivity contribution >= 4 is 16.7 Å². The lowest BCUT2D eigenvalue weighted by molar-refractivity contribution is 0.526. The second kappa shape index (κ2) is 6.19. The Labute approximate surface area is 106 Å². The van der Waals surface area contributed by atoms with Crippen LogP contribution in [0, 0.1) is 12.8 Å². The van der Waals surface area contributed by atoms with Gasteiger partial charge in [0.1, 0.15) is 0 Å². The quantitative estimate of drug-likeness (QED) is 0.848. The van der Waals surface area contributed by atoms with E-state index in [1.165, 1.54) is 0 Å². The molecule has 17 heavy (non-hydrogen) atoms. The Balaban J connectivity index is 2.66. The van der Waals surface area contributed by atoms with Crippen molar-refractivity contribution in [3.8, 4) is 0 Å². The van der Waals surface area contributed by atoms with Crippen molar-refractivity contribution in [2.45, 2.75) is 39.5 Å². The molecule has 0 aliphatic heterocycles. The highest BCUT2D eigenvalue weighted by Crippen LogP contribution is 2.11. The molecule has 0 aliphatic carbocycles. The van der Waals surface area contributed by atoms with E-state index in [1.54, 1.807) is 6.26 Å². The van der Waals surface area contributed by atoms with Crippen molar-refractivity contribution in [2.75, 3.05) is 18.1 Å². The summed E-state index contributed by atoms with van der Waals surface area (Å²) in [6, 6.07) is 0. The van der Waals surface area contributed by atoms with Crippen molar-refractivity contribution in [3.05, 3.63) is 11.9 Å². The third-order valence-electron chi connectivity index (χ3n) is 2.57. The van der Waals surface area contributed by atoms with Gasteiger partial charge in [-0.3, -0.25) is 4.21 Å². The highest BCUT2D eigenvalue weighted by molar-refractivity contribution is 7.84. The molecule has 0 bridgehead atoms. The molecule has 0 spiro atoms. The predicted octanol–water partition coefficient (Wildman–Crippen LogP) is 2.03. The molecule has 5 heteroatoms. The summed E-state index contributed by atoms with van der Waals surface area (Å²) in [5, 5.41) is 3.42. The predicted molar refractivity (Wildman–Crippen MR) is 73.8 cm³/mol. The SMILES string of the molecule is Cc1cn(CC(C)C)c(NCC(C)S(C)=O)n1. The lowest BCUT2D eigenvalue weighted by atomic mass is 10.2. The Morgan fingerprint density at radius 1 is 1.47 bits per heavy atom. The van der Waals surface area contributed by atoms with Crippen LogP contribution in [-0.4, -0.2) is 31.8 Å². The highest BCUT2D eigenvalue weighted by atomic mass is 32.2. The fourth-order valence-corrected chi connectivity index (χ4v) is 1.89. The van der Waals surface area contributed by atoms with Crippen LogP contribution in [0.1, 0.15) is 26.5 Å². The molecule has 0 amide bonds. The number of nitrogens with one attached hydrogen (secondary N) is 1. The molecule has 0 aliphatic rings. The topological polar surface area (TPSA) is 46.9 Å². The summed E-state index contributed by atoms with van der Waals surface area (Å²) in [4.78, 5) is 4.45. The van der Waals surface area contributed by atoms with Gasteiger partial charge in [-0.2, -0.15) is 0 Å². The first-order chi connectivity index (χ1) is 7.90. The minimum absolute atomic E-state index is 0.138. The van der Waals surface area contributed by atoms with Crippen LogP contribution in [0.4, 0.5) is 5.95 Å². The fraction of sp³-hybridized carbons (Fsp3) is 0.750. The summed E-state index contributed by atoms with van der Waals surface area (Å²) in [6.07, 6.45) is 3.79. The minimum Gasteiger partial charge on any atom is -0.354 e. The van der Waals surface area contributed by atoms with Crippen LogP contribution in [-0.2, 0) is 17.3 Å². The van der Waals surface area contributed by atoms with Gasteiger partial charge in [-0.25, -0.2) is 4.98 Å². The molecule has 0 saturated heterocycles. The number of aromatic nitrogens is 2. The number of hydrogen-bond donors (Lipinski definition) is 1. The minimum atomic E-state index is -0.794. The molecule has 0 fully saturated rings. The Bertz CT molecular complexity index is 387. The van der Waals surface area contributed by atoms with E-state index in [1.807, 2.05) is 13.8 Å². The molecule has 1 aromatic heterocycles. The average molecular weight is 257 g/mol. The summed E-state index contributed by atoms with van der Waals surface area (Å²) in [5.41, 5.74) is 1.01. The molecule has 1 heterocycles. The van der Waals surface area contributed by atoms with Gasteiger partial charge in [0.25, 0.3) is 0 Å². The second-order valence-electron chi connectivity index (χ2n) is 4.94. The Hall–Kier alpha value is -0.840. The summed E-state index contributed by atoms with van der Waals surface area (Å²) < 4.78 is 13.4. The number of imidazole rings is 1. The van der Waals surface area contributed by atoms with Gasteiger partial charge in [-0.1, -0.05) is 13.8 Å². The van der Waals surface area contributed by atoms with Gasteiger partial charge < -0.3 is 9.88 Å². The number of hydrogen-bond acceptors (Lipinski definition) is 3. The maximum absolute atomic E-state index is 11.3. The van der Waals surface area contributed by atoms with Gasteiger partial charge in [0.15, 0.2) is 0 Å². The lowest BCUT2D eigenvalue weighted by Gasteiger charge is -2.13. The summed E-state index contributed by atoms with van der Waals surface area (Å²) in [5.74, 6) is 1.47. The second-order valence-corrected chi connectivity index (χ2v) is 6.74. The third kappa shape index (κ3) is 4.50. The Morgan fingerprint density at radius 2 is 2.12 bits per heavy atom. The first kappa shape index (κ1) is 14.2. The Kier molecular flexibility index (Phi) is 5.18. The number of rotatable bonds is 6. The zero-order valence-electron chi connectivity index (χ0n) is 11.4. The maximum Gasteiger partial charge on any atom is 0.203 e. The van der Waals surface area contributed by atoms with Crippen LogP contribution in [0.2, 0.25) is 0 Å². The van der Waals surface area contributed by atoms with Gasteiger partial charge in [0.2, 0.25) is 5.95 Å². The maximum atomic E-state index is 11.3. The van der Waals surface area contributed by atoms with Crippen molar-refractivity contribution in [1.82, 2.24) is 9.55 Å². The van der Waals surface area contributed by atoms with Crippen LogP contribution in [0.25, 0.3) is 0 Å². The van der Waals surface area contributed by atoms with E-state index in [4.69, 9.17) is 0 Å². The standard InChI is InChI=1S/C12H23N3OS/c1-9(2)7-15-8-10(3)14-12(15)13-6-11(4)17(5)16/h8-9,11H,6-7H2,1-5H3,(H,13,14). The lowest BCUT2D eigenvalue weighted by Crippen LogP contribution is -2.22. The van der Waals surface area contributed by atoms with Crippen LogP contribution >= 0.6 is 0 Å². The van der Waals surface area contributed by atoms with E-state index in [0.717, 1.165) is 18.2 Å². The van der Waals surface area contributed by atoms with Gasteiger partial charge in [0.05, 0.1) is 5.69 Å². The fourth-order valence-electron chi connectivity index (χ4n) is 1.57. The van der Waals surface area contributed by atoms with Crippen molar-refractivity contribution in [3.63, 3.8) is 0 Å². The summed E-state index contributed by atoms with van der Waals surface area (Å²) in [6.45, 7) is 9.98. The largest absolute Gasteiger partial charge is 0.354 e. The number of anilines is 1. The van der Waals surface area contributed by atoms with E-state index in [0.29, 0.717) is 12.5 Å². The molecule has 1 aromatic rings. The van der Waals surface area contributed by atoms with Crippen molar-refractivity contribution < 1.29 is 4.21 Å². The summed E-state index contributed by atoms with van der Waals surface area (Å²) in [7, 11) is -0.794. The van der Waals surface area contributed by atoms with Crippen LogP contribution in [0.5, 0.6) is 0 Å². The molecule has 1 N–H and O–H groups in total. The molecule has 98 valence electrons. The molecular weight excluding hydrogens is 234 g/mol. The molecular formula is C12H23N3OS. The first-order valence-electron chi connectivity index (χ1n) is 6.00. The van der Waals surface area contributed by atoms with Crippen LogP contribution in [0.15, 0.2) is 6.20 Å². The summed E-state index contributed by atoms with van der Waals surface area (Å²) >= 11 is 0. The Morgan fingerprint density at radius 3 is 2.65 bits per heavy atom. The van der Waals surface area contributed by atoms with Crippen LogP contribution in [0.3, 0.4) is 0 Å². The number of aryl methyl sites for hydroxylation is 1. The molecule has 2 atom stereocenters. The van der Waals surface area contributed by atoms with E-state index in [2.05, 4.69) is 34.9 Å². The first-order valence-corrected chi connectivity index (χ1v) is 7.62. The van der Waals surface area contributed by atoms with Gasteiger partial charge in [-0.05, 0) is 19.8 Å². The highest BCUT2D eigenvalue weighted by Gasteiger charge is 2.10. The van der Waals surface area contributed by atoms with E-state index in [-0.39, 0.29) is 5.25 Å². The molecule has 0 aromatic carbocycles. The van der Waals surface area contributed by atoms with Crippen molar-refractivity contribution in [1.29, 1.82) is 0 Å².